The van der Waals surface area contributed by atoms with E-state index in [9.17, 15) is 4.79 Å². The van der Waals surface area contributed by atoms with Crippen molar-refractivity contribution in [2.75, 3.05) is 6.61 Å². The SMILES string of the molecule is CCO[SiH2]C(CC)NC(=O)O. The molecule has 0 aliphatic carbocycles. The molecule has 0 bridgehead atoms. The normalized spacial score (nSPS) is 13.6. The Kier molecular flexibility index (Phi) is 5.87. The third-order valence-corrected chi connectivity index (χ3v) is 3.17. The summed E-state index contributed by atoms with van der Waals surface area (Å²) in [7, 11) is -0.709. The van der Waals surface area contributed by atoms with Gasteiger partial charge in [0.1, 0.15) is 0 Å². The lowest BCUT2D eigenvalue weighted by molar-refractivity contribution is 0.191. The van der Waals surface area contributed by atoms with E-state index in [1.165, 1.54) is 0 Å². The minimum Gasteiger partial charge on any atom is -0.465 e. The van der Waals surface area contributed by atoms with Crippen LogP contribution in [-0.2, 0) is 4.43 Å². The number of carbonyl (C=O) groups is 1. The van der Waals surface area contributed by atoms with Crippen molar-refractivity contribution in [2.45, 2.75) is 25.9 Å². The molecule has 11 heavy (non-hydrogen) atoms. The molecule has 4 nitrogen and oxygen atoms in total. The van der Waals surface area contributed by atoms with Crippen LogP contribution in [0.25, 0.3) is 0 Å². The van der Waals surface area contributed by atoms with Crippen LogP contribution in [0.1, 0.15) is 20.3 Å². The Labute approximate surface area is 68.9 Å². The molecule has 0 rings (SSSR count). The monoisotopic (exact) mass is 177 g/mol. The van der Waals surface area contributed by atoms with Crippen LogP contribution in [0.4, 0.5) is 4.79 Å². The molecular formula is C6H15NO3Si. The van der Waals surface area contributed by atoms with Crippen LogP contribution >= 0.6 is 0 Å². The first kappa shape index (κ1) is 10.4. The third kappa shape index (κ3) is 5.87. The van der Waals surface area contributed by atoms with Crippen LogP contribution in [0.5, 0.6) is 0 Å². The number of rotatable bonds is 5. The summed E-state index contributed by atoms with van der Waals surface area (Å²) in [5, 5.41) is 10.8. The molecule has 0 spiro atoms. The van der Waals surface area contributed by atoms with E-state index in [4.69, 9.17) is 9.53 Å². The smallest absolute Gasteiger partial charge is 0.404 e. The van der Waals surface area contributed by atoms with Crippen LogP contribution in [0.3, 0.4) is 0 Å². The predicted octanol–water partition coefficient (Wildman–Crippen LogP) is 0.110. The number of hydrogen-bond donors (Lipinski definition) is 2. The van der Waals surface area contributed by atoms with Gasteiger partial charge in [-0.05, 0) is 13.3 Å². The lowest BCUT2D eigenvalue weighted by Crippen LogP contribution is -2.38. The maximum atomic E-state index is 10.2. The quantitative estimate of drug-likeness (QED) is 0.586. The van der Waals surface area contributed by atoms with E-state index in [1.807, 2.05) is 13.8 Å². The highest BCUT2D eigenvalue weighted by Crippen LogP contribution is 1.88. The maximum absolute atomic E-state index is 10.2. The van der Waals surface area contributed by atoms with Gasteiger partial charge in [-0.25, -0.2) is 4.79 Å². The van der Waals surface area contributed by atoms with Crippen molar-refractivity contribution in [1.82, 2.24) is 5.32 Å². The minimum absolute atomic E-state index is 0.0625. The molecule has 0 radical (unpaired) electrons. The fourth-order valence-electron chi connectivity index (χ4n) is 0.696. The summed E-state index contributed by atoms with van der Waals surface area (Å²) >= 11 is 0. The minimum atomic E-state index is -0.955. The van der Waals surface area contributed by atoms with Gasteiger partial charge in [0.25, 0.3) is 0 Å². The second-order valence-electron chi connectivity index (χ2n) is 2.21. The van der Waals surface area contributed by atoms with Gasteiger partial charge in [0.15, 0.2) is 9.76 Å². The van der Waals surface area contributed by atoms with Crippen LogP contribution in [0.2, 0.25) is 0 Å². The topological polar surface area (TPSA) is 58.6 Å². The first-order valence-electron chi connectivity index (χ1n) is 3.77. The van der Waals surface area contributed by atoms with Gasteiger partial charge in [0.2, 0.25) is 0 Å². The summed E-state index contributed by atoms with van der Waals surface area (Å²) < 4.78 is 5.20. The summed E-state index contributed by atoms with van der Waals surface area (Å²) in [6.45, 7) is 4.55. The number of carboxylic acid groups (broad SMARTS) is 1. The van der Waals surface area contributed by atoms with E-state index in [1.54, 1.807) is 0 Å². The Hall–Kier alpha value is -0.553. The first-order valence-corrected chi connectivity index (χ1v) is 5.17. The largest absolute Gasteiger partial charge is 0.465 e. The lowest BCUT2D eigenvalue weighted by Gasteiger charge is -2.12. The molecule has 1 atom stereocenters. The van der Waals surface area contributed by atoms with E-state index in [2.05, 4.69) is 5.32 Å². The molecule has 0 aromatic rings. The lowest BCUT2D eigenvalue weighted by atomic mass is 10.5. The van der Waals surface area contributed by atoms with Crippen molar-refractivity contribution in [3.8, 4) is 0 Å². The Balaban J connectivity index is 3.49. The number of hydrogen-bond acceptors (Lipinski definition) is 2. The standard InChI is InChI=1S/C6H15NO3Si/c1-3-5(7-6(8)9)11-10-4-2/h5,7H,3-4,11H2,1-2H3,(H,8,9). The van der Waals surface area contributed by atoms with E-state index in [0.717, 1.165) is 6.42 Å². The molecule has 0 saturated heterocycles. The highest BCUT2D eigenvalue weighted by atomic mass is 28.2. The predicted molar refractivity (Wildman–Crippen MR) is 45.4 cm³/mol. The number of amides is 1. The average molecular weight is 177 g/mol. The first-order chi connectivity index (χ1) is 5.20. The molecular weight excluding hydrogens is 162 g/mol. The zero-order valence-electron chi connectivity index (χ0n) is 6.96. The van der Waals surface area contributed by atoms with Gasteiger partial charge in [-0.1, -0.05) is 6.92 Å². The van der Waals surface area contributed by atoms with E-state index < -0.39 is 15.9 Å². The fraction of sp³-hybridized carbons (Fsp3) is 0.833. The van der Waals surface area contributed by atoms with Crippen LogP contribution in [0, 0.1) is 0 Å². The van der Waals surface area contributed by atoms with Gasteiger partial charge < -0.3 is 14.8 Å². The van der Waals surface area contributed by atoms with Crippen molar-refractivity contribution in [3.63, 3.8) is 0 Å². The van der Waals surface area contributed by atoms with Crippen molar-refractivity contribution < 1.29 is 14.3 Å². The van der Waals surface area contributed by atoms with Crippen molar-refractivity contribution in [1.29, 1.82) is 0 Å². The van der Waals surface area contributed by atoms with Crippen molar-refractivity contribution >= 4 is 15.9 Å². The molecule has 0 aliphatic rings. The average Bonchev–Trinajstić information content (AvgIpc) is 1.97. The highest BCUT2D eigenvalue weighted by Gasteiger charge is 2.08. The zero-order valence-corrected chi connectivity index (χ0v) is 8.38. The Morgan fingerprint density at radius 2 is 2.36 bits per heavy atom. The highest BCUT2D eigenvalue weighted by molar-refractivity contribution is 6.30. The van der Waals surface area contributed by atoms with Crippen LogP contribution in [0.15, 0.2) is 0 Å². The Morgan fingerprint density at radius 3 is 2.73 bits per heavy atom. The molecule has 0 aromatic heterocycles. The summed E-state index contributed by atoms with van der Waals surface area (Å²) in [5.74, 6) is 0. The molecule has 0 fully saturated rings. The third-order valence-electron chi connectivity index (χ3n) is 1.34. The molecule has 2 N–H and O–H groups in total. The molecule has 0 aromatic carbocycles. The van der Waals surface area contributed by atoms with Crippen molar-refractivity contribution in [3.05, 3.63) is 0 Å². The zero-order chi connectivity index (χ0) is 8.69. The Bertz CT molecular complexity index is 120. The second-order valence-corrected chi connectivity index (χ2v) is 3.94. The van der Waals surface area contributed by atoms with E-state index >= 15 is 0 Å². The van der Waals surface area contributed by atoms with E-state index in [0.29, 0.717) is 6.61 Å². The maximum Gasteiger partial charge on any atom is 0.404 e. The molecule has 0 aliphatic heterocycles. The molecule has 0 saturated carbocycles. The number of nitrogens with one attached hydrogen (secondary N) is 1. The molecule has 1 amide bonds. The van der Waals surface area contributed by atoms with E-state index in [-0.39, 0.29) is 5.67 Å². The summed E-state index contributed by atoms with van der Waals surface area (Å²) in [4.78, 5) is 10.2. The molecule has 1 unspecified atom stereocenters. The second kappa shape index (κ2) is 6.18. The van der Waals surface area contributed by atoms with Crippen LogP contribution < -0.4 is 5.32 Å². The van der Waals surface area contributed by atoms with Crippen molar-refractivity contribution in [2.24, 2.45) is 0 Å². The molecule has 5 heteroatoms. The van der Waals surface area contributed by atoms with Gasteiger partial charge >= 0.3 is 6.09 Å². The fourth-order valence-corrected chi connectivity index (χ4v) is 1.71. The van der Waals surface area contributed by atoms with Crippen LogP contribution in [-0.4, -0.2) is 33.2 Å². The summed E-state index contributed by atoms with van der Waals surface area (Å²) in [6.07, 6.45) is -0.137. The summed E-state index contributed by atoms with van der Waals surface area (Å²) in [5.41, 5.74) is 0.0625. The Morgan fingerprint density at radius 1 is 1.73 bits per heavy atom. The summed E-state index contributed by atoms with van der Waals surface area (Å²) in [6, 6.07) is 0. The molecule has 0 heterocycles. The van der Waals surface area contributed by atoms with Gasteiger partial charge in [0.05, 0.1) is 0 Å². The molecule has 66 valence electrons. The van der Waals surface area contributed by atoms with Gasteiger partial charge in [-0.3, -0.25) is 0 Å². The van der Waals surface area contributed by atoms with Gasteiger partial charge in [-0.15, -0.1) is 0 Å². The van der Waals surface area contributed by atoms with Gasteiger partial charge in [0, 0.05) is 12.3 Å². The van der Waals surface area contributed by atoms with Gasteiger partial charge in [-0.2, -0.15) is 0 Å².